The molecular formula is C17H25N. The second-order valence-corrected chi connectivity index (χ2v) is 3.03. The van der Waals surface area contributed by atoms with Gasteiger partial charge in [0.2, 0.25) is 0 Å². The number of pyridine rings is 1. The van der Waals surface area contributed by atoms with Crippen LogP contribution in [0.25, 0.3) is 11.1 Å². The predicted octanol–water partition coefficient (Wildman–Crippen LogP) is 5.20. The molecule has 18 heavy (non-hydrogen) atoms. The minimum absolute atomic E-state index is 0.790. The van der Waals surface area contributed by atoms with Gasteiger partial charge in [0.1, 0.15) is 0 Å². The first-order valence-corrected chi connectivity index (χ1v) is 6.39. The topological polar surface area (TPSA) is 12.9 Å². The van der Waals surface area contributed by atoms with Gasteiger partial charge in [0.25, 0.3) is 0 Å². The van der Waals surface area contributed by atoms with Crippen LogP contribution in [0.1, 0.15) is 52.8 Å². The third-order valence-electron chi connectivity index (χ3n) is 1.81. The third-order valence-corrected chi connectivity index (χ3v) is 1.81. The van der Waals surface area contributed by atoms with Crippen LogP contribution in [-0.4, -0.2) is 4.98 Å². The average molecular weight is 243 g/mol. The van der Waals surface area contributed by atoms with Crippen LogP contribution in [0.5, 0.6) is 0 Å². The number of aromatic nitrogens is 1. The lowest BCUT2D eigenvalue weighted by Crippen LogP contribution is -1.92. The summed E-state index contributed by atoms with van der Waals surface area (Å²) >= 11 is 0. The Kier molecular flexibility index (Phi) is 12.0. The quantitative estimate of drug-likeness (QED) is 0.650. The molecule has 0 N–H and O–H groups in total. The molecule has 0 aliphatic carbocycles. The van der Waals surface area contributed by atoms with Gasteiger partial charge in [0.15, 0.2) is 0 Å². The maximum atomic E-state index is 4.25. The van der Waals surface area contributed by atoms with Crippen molar-refractivity contribution in [1.29, 1.82) is 0 Å². The van der Waals surface area contributed by atoms with E-state index in [0.29, 0.717) is 0 Å². The second-order valence-electron chi connectivity index (χ2n) is 3.03. The minimum atomic E-state index is 0.790. The Morgan fingerprint density at radius 3 is 2.17 bits per heavy atom. The summed E-state index contributed by atoms with van der Waals surface area (Å²) in [6.45, 7) is 19.5. The van der Waals surface area contributed by atoms with Crippen molar-refractivity contribution in [2.75, 3.05) is 0 Å². The molecule has 0 radical (unpaired) electrons. The van der Waals surface area contributed by atoms with E-state index in [1.807, 2.05) is 46.8 Å². The van der Waals surface area contributed by atoms with Gasteiger partial charge in [-0.3, -0.25) is 4.98 Å². The van der Waals surface area contributed by atoms with Gasteiger partial charge in [0.05, 0.1) is 5.69 Å². The fourth-order valence-electron chi connectivity index (χ4n) is 1.21. The van der Waals surface area contributed by atoms with Crippen LogP contribution in [-0.2, 0) is 0 Å². The number of nitrogens with zero attached hydrogens (tertiary/aromatic N) is 1. The summed E-state index contributed by atoms with van der Waals surface area (Å²) in [5, 5.41) is 0. The van der Waals surface area contributed by atoms with E-state index in [-0.39, 0.29) is 0 Å². The van der Waals surface area contributed by atoms with E-state index in [2.05, 4.69) is 30.0 Å². The van der Waals surface area contributed by atoms with Crippen molar-refractivity contribution < 1.29 is 0 Å². The molecule has 0 atom stereocenters. The van der Waals surface area contributed by atoms with Gasteiger partial charge >= 0.3 is 0 Å². The summed E-state index contributed by atoms with van der Waals surface area (Å²) in [7, 11) is 0. The molecule has 1 heterocycles. The van der Waals surface area contributed by atoms with Gasteiger partial charge in [-0.2, -0.15) is 0 Å². The van der Waals surface area contributed by atoms with Crippen LogP contribution in [0, 0.1) is 11.8 Å². The highest BCUT2D eigenvalue weighted by Gasteiger charge is 2.04. The minimum Gasteiger partial charge on any atom is -0.256 e. The van der Waals surface area contributed by atoms with Crippen molar-refractivity contribution in [1.82, 2.24) is 4.98 Å². The fraction of sp³-hybridized carbons (Fsp3) is 0.353. The first-order valence-electron chi connectivity index (χ1n) is 6.39. The van der Waals surface area contributed by atoms with Crippen LogP contribution < -0.4 is 0 Å². The molecule has 0 aliphatic heterocycles. The molecule has 0 saturated carbocycles. The highest BCUT2D eigenvalue weighted by molar-refractivity contribution is 5.83. The Morgan fingerprint density at radius 2 is 1.72 bits per heavy atom. The summed E-state index contributed by atoms with van der Waals surface area (Å²) in [4.78, 5) is 4.25. The fourth-order valence-corrected chi connectivity index (χ4v) is 1.21. The van der Waals surface area contributed by atoms with Crippen molar-refractivity contribution in [3.8, 4) is 11.8 Å². The zero-order valence-corrected chi connectivity index (χ0v) is 12.6. The van der Waals surface area contributed by atoms with Crippen LogP contribution in [0.4, 0.5) is 0 Å². The molecule has 1 heteroatoms. The predicted molar refractivity (Wildman–Crippen MR) is 84.1 cm³/mol. The second kappa shape index (κ2) is 11.7. The molecule has 1 aromatic rings. The van der Waals surface area contributed by atoms with Crippen LogP contribution >= 0.6 is 0 Å². The SMILES string of the molecule is C=C(C#CC)c1cccnc1C(=C)C.CC.CC. The van der Waals surface area contributed by atoms with Crippen LogP contribution in [0.3, 0.4) is 0 Å². The molecule has 0 amide bonds. The van der Waals surface area contributed by atoms with E-state index in [1.54, 1.807) is 13.1 Å². The molecule has 1 nitrogen and oxygen atoms in total. The normalized spacial score (nSPS) is 7.44. The molecule has 0 unspecified atom stereocenters. The molecule has 0 bridgehead atoms. The Hall–Kier alpha value is -1.81. The summed E-state index contributed by atoms with van der Waals surface area (Å²) in [5.41, 5.74) is 3.56. The average Bonchev–Trinajstić information content (AvgIpc) is 2.43. The molecule has 0 aliphatic rings. The lowest BCUT2D eigenvalue weighted by Gasteiger charge is -2.05. The van der Waals surface area contributed by atoms with E-state index < -0.39 is 0 Å². The molecule has 0 saturated heterocycles. The van der Waals surface area contributed by atoms with Crippen molar-refractivity contribution >= 4 is 11.1 Å². The van der Waals surface area contributed by atoms with Crippen molar-refractivity contribution in [2.45, 2.75) is 41.5 Å². The number of rotatable bonds is 2. The zero-order chi connectivity index (χ0) is 14.6. The Morgan fingerprint density at radius 1 is 1.17 bits per heavy atom. The van der Waals surface area contributed by atoms with Gasteiger partial charge < -0.3 is 0 Å². The van der Waals surface area contributed by atoms with Crippen molar-refractivity contribution in [3.05, 3.63) is 42.7 Å². The van der Waals surface area contributed by atoms with E-state index in [0.717, 1.165) is 22.4 Å². The van der Waals surface area contributed by atoms with E-state index >= 15 is 0 Å². The van der Waals surface area contributed by atoms with Gasteiger partial charge in [0, 0.05) is 17.3 Å². The summed E-state index contributed by atoms with van der Waals surface area (Å²) < 4.78 is 0. The highest BCUT2D eigenvalue weighted by atomic mass is 14.7. The van der Waals surface area contributed by atoms with Gasteiger partial charge in [-0.25, -0.2) is 0 Å². The molecule has 1 aromatic heterocycles. The molecule has 1 rings (SSSR count). The molecule has 0 spiro atoms. The smallest absolute Gasteiger partial charge is 0.0737 e. The maximum Gasteiger partial charge on any atom is 0.0737 e. The Balaban J connectivity index is 0. The third kappa shape index (κ3) is 6.06. The Bertz CT molecular complexity index is 430. The Labute approximate surface area is 113 Å². The highest BCUT2D eigenvalue weighted by Crippen LogP contribution is 2.20. The van der Waals surface area contributed by atoms with Gasteiger partial charge in [-0.15, -0.1) is 5.92 Å². The van der Waals surface area contributed by atoms with Crippen LogP contribution in [0.2, 0.25) is 0 Å². The lowest BCUT2D eigenvalue weighted by atomic mass is 10.0. The van der Waals surface area contributed by atoms with Crippen LogP contribution in [0.15, 0.2) is 31.5 Å². The first kappa shape index (κ1) is 18.6. The van der Waals surface area contributed by atoms with E-state index in [1.165, 1.54) is 0 Å². The summed E-state index contributed by atoms with van der Waals surface area (Å²) in [6.07, 6.45) is 1.75. The monoisotopic (exact) mass is 243 g/mol. The molecule has 98 valence electrons. The largest absolute Gasteiger partial charge is 0.256 e. The number of allylic oxidation sites excluding steroid dienone is 2. The summed E-state index contributed by atoms with van der Waals surface area (Å²) in [6, 6.07) is 3.84. The van der Waals surface area contributed by atoms with Crippen molar-refractivity contribution in [3.63, 3.8) is 0 Å². The lowest BCUT2D eigenvalue weighted by molar-refractivity contribution is 1.25. The first-order chi connectivity index (χ1) is 8.66. The summed E-state index contributed by atoms with van der Waals surface area (Å²) in [5.74, 6) is 5.76. The van der Waals surface area contributed by atoms with Gasteiger partial charge in [-0.05, 0) is 25.5 Å². The van der Waals surface area contributed by atoms with Crippen molar-refractivity contribution in [2.24, 2.45) is 0 Å². The maximum absolute atomic E-state index is 4.25. The molecular weight excluding hydrogens is 218 g/mol. The number of hydrogen-bond donors (Lipinski definition) is 0. The van der Waals surface area contributed by atoms with E-state index in [9.17, 15) is 0 Å². The standard InChI is InChI=1S/C13H13N.2C2H6/c1-5-7-11(4)12-8-6-9-14-13(12)10(2)3;2*1-2/h6,8-9H,2,4H2,1,3H3;2*1-2H3. The van der Waals surface area contributed by atoms with Gasteiger partial charge in [-0.1, -0.05) is 52.8 Å². The molecule has 0 fully saturated rings. The zero-order valence-electron chi connectivity index (χ0n) is 12.6. The van der Waals surface area contributed by atoms with E-state index in [4.69, 9.17) is 0 Å². The molecule has 0 aromatic carbocycles. The number of hydrogen-bond acceptors (Lipinski definition) is 1.